The first-order chi connectivity index (χ1) is 12.2. The van der Waals surface area contributed by atoms with Crippen LogP contribution in [0.1, 0.15) is 42.2 Å². The topological polar surface area (TPSA) is 53.3 Å². The molecule has 4 rings (SSSR count). The number of aromatic nitrogens is 1. The molecule has 0 bridgehead atoms. The zero-order valence-corrected chi connectivity index (χ0v) is 14.5. The molecule has 0 radical (unpaired) electrons. The molecular weight excluding hydrogens is 319 g/mol. The largest absolute Gasteiger partial charge is 0.361 e. The van der Waals surface area contributed by atoms with Crippen molar-refractivity contribution in [2.24, 2.45) is 0 Å². The van der Waals surface area contributed by atoms with Gasteiger partial charge < -0.3 is 4.52 Å². The molecule has 0 saturated carbocycles. The predicted octanol–water partition coefficient (Wildman–Crippen LogP) is 2.74. The van der Waals surface area contributed by atoms with Gasteiger partial charge >= 0.3 is 0 Å². The van der Waals surface area contributed by atoms with Crippen molar-refractivity contribution >= 4 is 0 Å². The Bertz CT molecular complexity index is 702. The summed E-state index contributed by atoms with van der Waals surface area (Å²) in [6, 6.07) is 9.61. The highest BCUT2D eigenvalue weighted by Gasteiger charge is 2.40. The van der Waals surface area contributed by atoms with E-state index >= 15 is 0 Å². The molecule has 1 aromatic heterocycles. The lowest BCUT2D eigenvalue weighted by atomic mass is 9.86. The van der Waals surface area contributed by atoms with Crippen LogP contribution in [-0.2, 0) is 6.54 Å². The molecular formula is C19H25FN4O. The van der Waals surface area contributed by atoms with Crippen LogP contribution in [0.4, 0.5) is 4.39 Å². The summed E-state index contributed by atoms with van der Waals surface area (Å²) in [6.07, 6.45) is 3.61. The van der Waals surface area contributed by atoms with Gasteiger partial charge in [-0.3, -0.25) is 15.8 Å². The van der Waals surface area contributed by atoms with Crippen LogP contribution < -0.4 is 10.9 Å². The highest BCUT2D eigenvalue weighted by molar-refractivity contribution is 5.18. The second kappa shape index (κ2) is 7.23. The Morgan fingerprint density at radius 3 is 2.88 bits per heavy atom. The fourth-order valence-corrected chi connectivity index (χ4v) is 4.16. The maximum Gasteiger partial charge on any atom is 0.143 e. The average molecular weight is 344 g/mol. The molecule has 2 N–H and O–H groups in total. The van der Waals surface area contributed by atoms with Gasteiger partial charge in [0, 0.05) is 31.2 Å². The summed E-state index contributed by atoms with van der Waals surface area (Å²) in [6.45, 7) is 4.73. The number of hydrogen-bond acceptors (Lipinski definition) is 5. The van der Waals surface area contributed by atoms with Crippen molar-refractivity contribution in [3.8, 4) is 0 Å². The van der Waals surface area contributed by atoms with E-state index in [9.17, 15) is 4.39 Å². The molecule has 2 aliphatic rings. The normalized spacial score (nSPS) is 27.7. The van der Waals surface area contributed by atoms with Crippen LogP contribution >= 0.6 is 0 Å². The number of piperidine rings is 1. The number of nitrogens with zero attached hydrogens (tertiary/aromatic N) is 2. The fraction of sp³-hybridized carbons (Fsp3) is 0.526. The molecule has 134 valence electrons. The van der Waals surface area contributed by atoms with E-state index in [-0.39, 0.29) is 17.8 Å². The zero-order valence-electron chi connectivity index (χ0n) is 14.5. The Morgan fingerprint density at radius 2 is 2.12 bits per heavy atom. The summed E-state index contributed by atoms with van der Waals surface area (Å²) in [5, 5.41) is 4.06. The van der Waals surface area contributed by atoms with E-state index in [0.717, 1.165) is 43.1 Å². The summed E-state index contributed by atoms with van der Waals surface area (Å²) in [7, 11) is 0. The Balaban J connectivity index is 1.52. The molecule has 5 nitrogen and oxygen atoms in total. The van der Waals surface area contributed by atoms with Crippen molar-refractivity contribution in [2.75, 3.05) is 13.1 Å². The van der Waals surface area contributed by atoms with Crippen LogP contribution in [0.15, 0.2) is 34.9 Å². The molecule has 0 amide bonds. The highest BCUT2D eigenvalue weighted by Crippen LogP contribution is 2.31. The standard InChI is InChI=1S/C19H25FN4O/c1-13-10-18(25-23-13)16-11-21-22-19(16)17-4-2-3-9-24(17)12-14-5-7-15(20)8-6-14/h5-8,10,16-17,19,21-22H,2-4,9,11-12H2,1H3. The molecule has 25 heavy (non-hydrogen) atoms. The Labute approximate surface area is 147 Å². The molecule has 3 unspecified atom stereocenters. The summed E-state index contributed by atoms with van der Waals surface area (Å²) in [5.41, 5.74) is 8.86. The van der Waals surface area contributed by atoms with Crippen LogP contribution in [0.25, 0.3) is 0 Å². The summed E-state index contributed by atoms with van der Waals surface area (Å²) in [5.74, 6) is 1.05. The first-order valence-corrected chi connectivity index (χ1v) is 9.11. The van der Waals surface area contributed by atoms with E-state index in [1.165, 1.54) is 12.8 Å². The maximum atomic E-state index is 13.2. The molecule has 0 spiro atoms. The second-order valence-electron chi connectivity index (χ2n) is 7.19. The maximum absolute atomic E-state index is 13.2. The number of hydrazine groups is 1. The monoisotopic (exact) mass is 344 g/mol. The van der Waals surface area contributed by atoms with Crippen LogP contribution in [0, 0.1) is 12.7 Å². The Kier molecular flexibility index (Phi) is 4.83. The smallest absolute Gasteiger partial charge is 0.143 e. The van der Waals surface area contributed by atoms with Gasteiger partial charge in [0.25, 0.3) is 0 Å². The molecule has 3 heterocycles. The van der Waals surface area contributed by atoms with Crippen LogP contribution in [-0.4, -0.2) is 35.2 Å². The lowest BCUT2D eigenvalue weighted by molar-refractivity contribution is 0.103. The van der Waals surface area contributed by atoms with Gasteiger partial charge in [-0.25, -0.2) is 4.39 Å². The van der Waals surface area contributed by atoms with Crippen LogP contribution in [0.2, 0.25) is 0 Å². The number of hydrogen-bond donors (Lipinski definition) is 2. The average Bonchev–Trinajstić information content (AvgIpc) is 3.26. The minimum absolute atomic E-state index is 0.179. The molecule has 2 aromatic rings. The van der Waals surface area contributed by atoms with E-state index in [0.29, 0.717) is 6.04 Å². The molecule has 2 fully saturated rings. The number of aryl methyl sites for hydroxylation is 1. The molecule has 2 saturated heterocycles. The quantitative estimate of drug-likeness (QED) is 0.893. The summed E-state index contributed by atoms with van der Waals surface area (Å²) in [4.78, 5) is 2.53. The summed E-state index contributed by atoms with van der Waals surface area (Å²) >= 11 is 0. The minimum atomic E-state index is -0.179. The lowest BCUT2D eigenvalue weighted by Gasteiger charge is -2.40. The first-order valence-electron chi connectivity index (χ1n) is 9.11. The van der Waals surface area contributed by atoms with Gasteiger partial charge in [0.2, 0.25) is 0 Å². The molecule has 2 aliphatic heterocycles. The van der Waals surface area contributed by atoms with E-state index < -0.39 is 0 Å². The number of benzene rings is 1. The van der Waals surface area contributed by atoms with Gasteiger partial charge in [-0.2, -0.15) is 0 Å². The predicted molar refractivity (Wildman–Crippen MR) is 93.4 cm³/mol. The van der Waals surface area contributed by atoms with Gasteiger partial charge in [-0.1, -0.05) is 23.7 Å². The molecule has 0 aliphatic carbocycles. The number of rotatable bonds is 4. The van der Waals surface area contributed by atoms with Crippen molar-refractivity contribution in [3.05, 3.63) is 53.2 Å². The van der Waals surface area contributed by atoms with Crippen molar-refractivity contribution in [3.63, 3.8) is 0 Å². The van der Waals surface area contributed by atoms with E-state index in [2.05, 4.69) is 20.9 Å². The molecule has 3 atom stereocenters. The lowest BCUT2D eigenvalue weighted by Crippen LogP contribution is -2.52. The SMILES string of the molecule is Cc1cc(C2CNNC2C2CCCCN2Cc2ccc(F)cc2)on1. The van der Waals surface area contributed by atoms with Gasteiger partial charge in [-0.15, -0.1) is 0 Å². The third-order valence-electron chi connectivity index (χ3n) is 5.41. The minimum Gasteiger partial charge on any atom is -0.361 e. The molecule has 1 aromatic carbocycles. The zero-order chi connectivity index (χ0) is 17.2. The van der Waals surface area contributed by atoms with Crippen molar-refractivity contribution in [1.29, 1.82) is 0 Å². The number of halogens is 1. The van der Waals surface area contributed by atoms with Gasteiger partial charge in [-0.05, 0) is 44.0 Å². The van der Waals surface area contributed by atoms with Crippen molar-refractivity contribution in [2.45, 2.75) is 50.7 Å². The number of nitrogens with one attached hydrogen (secondary N) is 2. The summed E-state index contributed by atoms with van der Waals surface area (Å²) < 4.78 is 18.7. The third kappa shape index (κ3) is 3.61. The van der Waals surface area contributed by atoms with E-state index in [1.807, 2.05) is 25.1 Å². The van der Waals surface area contributed by atoms with Gasteiger partial charge in [0.1, 0.15) is 11.6 Å². The van der Waals surface area contributed by atoms with Crippen LogP contribution in [0.3, 0.4) is 0 Å². The van der Waals surface area contributed by atoms with Crippen LogP contribution in [0.5, 0.6) is 0 Å². The van der Waals surface area contributed by atoms with Crippen molar-refractivity contribution in [1.82, 2.24) is 20.9 Å². The number of likely N-dealkylation sites (tertiary alicyclic amines) is 1. The van der Waals surface area contributed by atoms with E-state index in [4.69, 9.17) is 4.52 Å². The second-order valence-corrected chi connectivity index (χ2v) is 7.19. The van der Waals surface area contributed by atoms with E-state index in [1.54, 1.807) is 12.1 Å². The Hall–Kier alpha value is -1.76. The highest BCUT2D eigenvalue weighted by atomic mass is 19.1. The third-order valence-corrected chi connectivity index (χ3v) is 5.41. The molecule has 6 heteroatoms. The van der Waals surface area contributed by atoms with Crippen molar-refractivity contribution < 1.29 is 8.91 Å². The van der Waals surface area contributed by atoms with Gasteiger partial charge in [0.05, 0.1) is 11.6 Å². The van der Waals surface area contributed by atoms with Gasteiger partial charge in [0.15, 0.2) is 0 Å². The Morgan fingerprint density at radius 1 is 1.28 bits per heavy atom. The fourth-order valence-electron chi connectivity index (χ4n) is 4.16. The first kappa shape index (κ1) is 16.7.